The summed E-state index contributed by atoms with van der Waals surface area (Å²) in [6.45, 7) is 0.786. The second-order valence-corrected chi connectivity index (χ2v) is 7.89. The summed E-state index contributed by atoms with van der Waals surface area (Å²) in [5.74, 6) is 0.0978. The monoisotopic (exact) mass is 389 g/mol. The first kappa shape index (κ1) is 17.9. The van der Waals surface area contributed by atoms with Gasteiger partial charge in [-0.1, -0.05) is 6.07 Å². The number of aromatic nitrogens is 2. The van der Waals surface area contributed by atoms with E-state index in [9.17, 15) is 9.59 Å². The van der Waals surface area contributed by atoms with Gasteiger partial charge in [0.05, 0.1) is 30.0 Å². The molecule has 0 spiro atoms. The lowest BCUT2D eigenvalue weighted by molar-refractivity contribution is 0.0547. The van der Waals surface area contributed by atoms with Crippen molar-refractivity contribution in [3.63, 3.8) is 0 Å². The average molecular weight is 389 g/mol. The number of rotatable bonds is 2. The molecule has 1 aliphatic heterocycles. The second-order valence-electron chi connectivity index (χ2n) is 7.89. The van der Waals surface area contributed by atoms with Crippen LogP contribution in [0.2, 0.25) is 0 Å². The molecule has 1 aromatic heterocycles. The van der Waals surface area contributed by atoms with Crippen molar-refractivity contribution in [2.75, 3.05) is 13.7 Å². The number of esters is 1. The number of nitrogens with one attached hydrogen (secondary N) is 1. The Labute approximate surface area is 168 Å². The second kappa shape index (κ2) is 7.03. The highest BCUT2D eigenvalue weighted by Crippen LogP contribution is 2.41. The first-order valence-electron chi connectivity index (χ1n) is 10.1. The largest absolute Gasteiger partial charge is 0.465 e. The number of carbonyl (C=O) groups is 2. The summed E-state index contributed by atoms with van der Waals surface area (Å²) in [6.07, 6.45) is 5.48. The van der Waals surface area contributed by atoms with Gasteiger partial charge in [0, 0.05) is 24.1 Å². The van der Waals surface area contributed by atoms with Gasteiger partial charge in [0.15, 0.2) is 0 Å². The van der Waals surface area contributed by atoms with Crippen LogP contribution in [-0.2, 0) is 11.2 Å². The van der Waals surface area contributed by atoms with Crippen LogP contribution in [0.25, 0.3) is 11.0 Å². The van der Waals surface area contributed by atoms with Crippen molar-refractivity contribution < 1.29 is 14.3 Å². The number of H-pyrrole nitrogens is 1. The smallest absolute Gasteiger partial charge is 0.337 e. The van der Waals surface area contributed by atoms with E-state index in [4.69, 9.17) is 4.74 Å². The number of hydrogen-bond donors (Lipinski definition) is 1. The van der Waals surface area contributed by atoms with Gasteiger partial charge in [-0.3, -0.25) is 4.79 Å². The van der Waals surface area contributed by atoms with Gasteiger partial charge in [-0.2, -0.15) is 0 Å². The SMILES string of the molecule is COC(=O)c1ccc2c(c1)CC[C@@H]1[C@H]2CCCN1C(=O)c1ccc2[nH]cnc2c1. The molecule has 1 saturated heterocycles. The highest BCUT2D eigenvalue weighted by molar-refractivity contribution is 5.97. The summed E-state index contributed by atoms with van der Waals surface area (Å²) in [5.41, 5.74) is 5.52. The van der Waals surface area contributed by atoms with Crippen LogP contribution in [0.4, 0.5) is 0 Å². The van der Waals surface area contributed by atoms with Gasteiger partial charge >= 0.3 is 5.97 Å². The molecule has 5 rings (SSSR count). The fourth-order valence-corrected chi connectivity index (χ4v) is 4.99. The fraction of sp³-hybridized carbons (Fsp3) is 0.348. The number of imidazole rings is 1. The molecular formula is C23H23N3O3. The summed E-state index contributed by atoms with van der Waals surface area (Å²) in [6, 6.07) is 11.7. The van der Waals surface area contributed by atoms with E-state index >= 15 is 0 Å². The zero-order valence-corrected chi connectivity index (χ0v) is 16.4. The van der Waals surface area contributed by atoms with E-state index in [-0.39, 0.29) is 17.9 Å². The topological polar surface area (TPSA) is 75.3 Å². The van der Waals surface area contributed by atoms with Gasteiger partial charge < -0.3 is 14.6 Å². The Hall–Kier alpha value is -3.15. The van der Waals surface area contributed by atoms with Gasteiger partial charge in [-0.15, -0.1) is 0 Å². The fourth-order valence-electron chi connectivity index (χ4n) is 4.99. The first-order valence-corrected chi connectivity index (χ1v) is 10.1. The molecule has 2 heterocycles. The number of hydrogen-bond acceptors (Lipinski definition) is 4. The lowest BCUT2D eigenvalue weighted by Gasteiger charge is -2.45. The van der Waals surface area contributed by atoms with Gasteiger partial charge in [0.2, 0.25) is 0 Å². The molecule has 0 unspecified atom stereocenters. The maximum atomic E-state index is 13.3. The normalized spacial score (nSPS) is 20.8. The summed E-state index contributed by atoms with van der Waals surface area (Å²) in [7, 11) is 1.41. The molecule has 1 N–H and O–H groups in total. The minimum atomic E-state index is -0.302. The maximum Gasteiger partial charge on any atom is 0.337 e. The summed E-state index contributed by atoms with van der Waals surface area (Å²) >= 11 is 0. The van der Waals surface area contributed by atoms with Crippen LogP contribution in [0.3, 0.4) is 0 Å². The van der Waals surface area contributed by atoms with E-state index in [1.807, 2.05) is 30.3 Å². The highest BCUT2D eigenvalue weighted by atomic mass is 16.5. The number of carbonyl (C=O) groups excluding carboxylic acids is 2. The number of amides is 1. The molecule has 1 amide bonds. The number of methoxy groups -OCH3 is 1. The predicted molar refractivity (Wildman–Crippen MR) is 109 cm³/mol. The minimum absolute atomic E-state index is 0.0826. The average Bonchev–Trinajstić information content (AvgIpc) is 3.25. The quantitative estimate of drug-likeness (QED) is 0.679. The number of ether oxygens (including phenoxy) is 1. The van der Waals surface area contributed by atoms with E-state index in [2.05, 4.69) is 20.9 Å². The molecule has 2 aromatic carbocycles. The van der Waals surface area contributed by atoms with E-state index < -0.39 is 0 Å². The van der Waals surface area contributed by atoms with Gasteiger partial charge in [0.25, 0.3) is 5.91 Å². The highest BCUT2D eigenvalue weighted by Gasteiger charge is 2.38. The van der Waals surface area contributed by atoms with E-state index in [1.54, 1.807) is 6.33 Å². The number of piperidine rings is 1. The summed E-state index contributed by atoms with van der Waals surface area (Å²) in [5, 5.41) is 0. The zero-order valence-electron chi connectivity index (χ0n) is 16.4. The van der Waals surface area contributed by atoms with Crippen molar-refractivity contribution in [3.05, 3.63) is 65.0 Å². The third-order valence-corrected chi connectivity index (χ3v) is 6.38. The van der Waals surface area contributed by atoms with Crippen molar-refractivity contribution in [3.8, 4) is 0 Å². The Balaban J connectivity index is 1.44. The lowest BCUT2D eigenvalue weighted by Crippen LogP contribution is -2.49. The molecular weight excluding hydrogens is 366 g/mol. The maximum absolute atomic E-state index is 13.3. The molecule has 6 heteroatoms. The van der Waals surface area contributed by atoms with Crippen molar-refractivity contribution in [1.82, 2.24) is 14.9 Å². The molecule has 1 aliphatic carbocycles. The Bertz CT molecular complexity index is 1100. The van der Waals surface area contributed by atoms with Crippen LogP contribution >= 0.6 is 0 Å². The van der Waals surface area contributed by atoms with Crippen LogP contribution in [0.5, 0.6) is 0 Å². The number of benzene rings is 2. The molecule has 29 heavy (non-hydrogen) atoms. The van der Waals surface area contributed by atoms with Crippen molar-refractivity contribution in [2.24, 2.45) is 0 Å². The molecule has 2 aliphatic rings. The van der Waals surface area contributed by atoms with Gasteiger partial charge in [-0.25, -0.2) is 9.78 Å². The van der Waals surface area contributed by atoms with Crippen molar-refractivity contribution >= 4 is 22.9 Å². The summed E-state index contributed by atoms with van der Waals surface area (Å²) in [4.78, 5) is 34.6. The van der Waals surface area contributed by atoms with Gasteiger partial charge in [0.1, 0.15) is 0 Å². The van der Waals surface area contributed by atoms with Crippen LogP contribution in [0, 0.1) is 0 Å². The molecule has 0 radical (unpaired) electrons. The Morgan fingerprint density at radius 3 is 2.86 bits per heavy atom. The van der Waals surface area contributed by atoms with E-state index in [0.717, 1.165) is 43.3 Å². The van der Waals surface area contributed by atoms with Crippen LogP contribution in [0.15, 0.2) is 42.7 Å². The number of aromatic amines is 1. The predicted octanol–water partition coefficient (Wildman–Crippen LogP) is 3.68. The van der Waals surface area contributed by atoms with Crippen LogP contribution < -0.4 is 0 Å². The van der Waals surface area contributed by atoms with Crippen molar-refractivity contribution in [2.45, 2.75) is 37.6 Å². The van der Waals surface area contributed by atoms with Crippen LogP contribution in [0.1, 0.15) is 57.0 Å². The molecule has 6 nitrogen and oxygen atoms in total. The third kappa shape index (κ3) is 2.99. The molecule has 148 valence electrons. The number of likely N-dealkylation sites (tertiary alicyclic amines) is 1. The van der Waals surface area contributed by atoms with E-state index in [0.29, 0.717) is 17.0 Å². The van der Waals surface area contributed by atoms with Gasteiger partial charge in [-0.05, 0) is 67.1 Å². The molecule has 3 aromatic rings. The summed E-state index contributed by atoms with van der Waals surface area (Å²) < 4.78 is 4.86. The molecule has 0 bridgehead atoms. The first-order chi connectivity index (χ1) is 14.2. The third-order valence-electron chi connectivity index (χ3n) is 6.38. The Kier molecular flexibility index (Phi) is 4.34. The minimum Gasteiger partial charge on any atom is -0.465 e. The standard InChI is InChI=1S/C23H23N3O3/c1-29-23(28)16-4-7-17-14(11-16)6-9-21-18(17)3-2-10-26(21)22(27)15-5-8-19-20(12-15)25-13-24-19/h4-5,7-8,11-13,18,21H,2-3,6,9-10H2,1H3,(H,24,25)/t18-,21+/m0/s1. The van der Waals surface area contributed by atoms with Crippen LogP contribution in [-0.4, -0.2) is 46.4 Å². The zero-order chi connectivity index (χ0) is 20.0. The Morgan fingerprint density at radius 2 is 2.00 bits per heavy atom. The molecule has 1 fully saturated rings. The number of aryl methyl sites for hydroxylation is 1. The lowest BCUT2D eigenvalue weighted by atomic mass is 9.74. The number of nitrogens with zero attached hydrogens (tertiary/aromatic N) is 2. The Morgan fingerprint density at radius 1 is 1.14 bits per heavy atom. The molecule has 0 saturated carbocycles. The number of fused-ring (bicyclic) bond motifs is 4. The molecule has 2 atom stereocenters. The van der Waals surface area contributed by atoms with Crippen molar-refractivity contribution in [1.29, 1.82) is 0 Å². The van der Waals surface area contributed by atoms with E-state index in [1.165, 1.54) is 18.2 Å².